The van der Waals surface area contributed by atoms with Crippen molar-refractivity contribution in [3.63, 3.8) is 0 Å². The number of hydrogen-bond acceptors (Lipinski definition) is 4. The van der Waals surface area contributed by atoms with E-state index in [-0.39, 0.29) is 34.8 Å². The Morgan fingerprint density at radius 2 is 0.732 bits per heavy atom. The standard InChI is InChI=1S/C36H33BrO4/c1-20-15-25(38)6-11-29(20)35(30-12-7-26(39)16-21(30)2)24-5-10-33(34(37)19-24)36(31-13-8-27(40)17-22(31)3)32-14-9-28(41)18-23(32)4/h5-19,35-36,38-41H,1-4H3. The van der Waals surface area contributed by atoms with Gasteiger partial charge in [-0.05, 0) is 138 Å². The Labute approximate surface area is 249 Å². The zero-order valence-corrected chi connectivity index (χ0v) is 25.1. The molecule has 5 aromatic rings. The number of aryl methyl sites for hydroxylation is 4. The van der Waals surface area contributed by atoms with Gasteiger partial charge in [0.2, 0.25) is 0 Å². The van der Waals surface area contributed by atoms with E-state index >= 15 is 0 Å². The maximum absolute atomic E-state index is 10.1. The van der Waals surface area contributed by atoms with Gasteiger partial charge < -0.3 is 20.4 Å². The van der Waals surface area contributed by atoms with Gasteiger partial charge in [0.05, 0.1) is 0 Å². The summed E-state index contributed by atoms with van der Waals surface area (Å²) in [4.78, 5) is 0. The molecule has 4 N–H and O–H groups in total. The molecule has 5 rings (SSSR count). The number of phenols is 4. The summed E-state index contributed by atoms with van der Waals surface area (Å²) in [6.07, 6.45) is 0. The molecule has 0 fully saturated rings. The number of hydrogen-bond donors (Lipinski definition) is 4. The summed E-state index contributed by atoms with van der Waals surface area (Å²) in [5.41, 5.74) is 10.3. The predicted molar refractivity (Wildman–Crippen MR) is 167 cm³/mol. The van der Waals surface area contributed by atoms with Crippen LogP contribution in [0, 0.1) is 27.7 Å². The molecule has 0 saturated heterocycles. The van der Waals surface area contributed by atoms with Crippen LogP contribution in [-0.4, -0.2) is 20.4 Å². The second kappa shape index (κ2) is 11.3. The average molecular weight is 610 g/mol. The van der Waals surface area contributed by atoms with E-state index in [9.17, 15) is 20.4 Å². The van der Waals surface area contributed by atoms with Gasteiger partial charge in [-0.15, -0.1) is 0 Å². The van der Waals surface area contributed by atoms with Gasteiger partial charge in [-0.1, -0.05) is 52.3 Å². The van der Waals surface area contributed by atoms with Crippen LogP contribution in [0.5, 0.6) is 23.0 Å². The van der Waals surface area contributed by atoms with Crippen molar-refractivity contribution in [3.8, 4) is 23.0 Å². The summed E-state index contributed by atoms with van der Waals surface area (Å²) in [6.45, 7) is 7.99. The fraction of sp³-hybridized carbons (Fsp3) is 0.167. The fourth-order valence-corrected chi connectivity index (χ4v) is 6.55. The fourth-order valence-electron chi connectivity index (χ4n) is 5.92. The Balaban J connectivity index is 1.71. The van der Waals surface area contributed by atoms with Crippen LogP contribution >= 0.6 is 15.9 Å². The highest BCUT2D eigenvalue weighted by Gasteiger charge is 2.26. The molecule has 41 heavy (non-hydrogen) atoms. The van der Waals surface area contributed by atoms with Crippen LogP contribution in [0.4, 0.5) is 0 Å². The second-order valence-corrected chi connectivity index (χ2v) is 11.7. The highest BCUT2D eigenvalue weighted by atomic mass is 79.9. The Kier molecular flexibility index (Phi) is 7.83. The number of aromatic hydroxyl groups is 4. The normalized spacial score (nSPS) is 11.4. The molecule has 0 aromatic heterocycles. The Hall–Kier alpha value is -4.22. The van der Waals surface area contributed by atoms with Gasteiger partial charge in [-0.25, -0.2) is 0 Å². The molecule has 5 aromatic carbocycles. The first-order valence-corrected chi connectivity index (χ1v) is 14.3. The lowest BCUT2D eigenvalue weighted by Crippen LogP contribution is -2.10. The van der Waals surface area contributed by atoms with Crippen LogP contribution in [-0.2, 0) is 0 Å². The molecule has 208 valence electrons. The number of phenolic OH excluding ortho intramolecular Hbond substituents is 4. The Morgan fingerprint density at radius 1 is 0.415 bits per heavy atom. The van der Waals surface area contributed by atoms with E-state index in [4.69, 9.17) is 0 Å². The Bertz CT molecular complexity index is 1650. The smallest absolute Gasteiger partial charge is 0.115 e. The Morgan fingerprint density at radius 3 is 1.05 bits per heavy atom. The minimum atomic E-state index is -0.149. The molecule has 0 aliphatic carbocycles. The van der Waals surface area contributed by atoms with Crippen LogP contribution in [0.15, 0.2) is 95.5 Å². The monoisotopic (exact) mass is 608 g/mol. The number of benzene rings is 5. The van der Waals surface area contributed by atoms with Crippen LogP contribution < -0.4 is 0 Å². The minimum Gasteiger partial charge on any atom is -0.508 e. The predicted octanol–water partition coefficient (Wildman–Crippen LogP) is 8.87. The van der Waals surface area contributed by atoms with Crippen molar-refractivity contribution >= 4 is 15.9 Å². The van der Waals surface area contributed by atoms with E-state index in [0.717, 1.165) is 60.1 Å². The van der Waals surface area contributed by atoms with E-state index in [2.05, 4.69) is 34.1 Å². The third kappa shape index (κ3) is 5.68. The summed E-state index contributed by atoms with van der Waals surface area (Å²) in [5, 5.41) is 40.5. The van der Waals surface area contributed by atoms with E-state index in [1.165, 1.54) is 0 Å². The number of rotatable bonds is 6. The van der Waals surface area contributed by atoms with Crippen LogP contribution in [0.1, 0.15) is 67.5 Å². The molecule has 0 bridgehead atoms. The molecule has 0 aliphatic heterocycles. The van der Waals surface area contributed by atoms with E-state index in [1.54, 1.807) is 48.5 Å². The topological polar surface area (TPSA) is 80.9 Å². The molecule has 0 amide bonds. The third-order valence-electron chi connectivity index (χ3n) is 7.93. The molecule has 4 nitrogen and oxygen atoms in total. The van der Waals surface area contributed by atoms with Gasteiger partial charge in [0, 0.05) is 16.3 Å². The van der Waals surface area contributed by atoms with Crippen molar-refractivity contribution in [2.24, 2.45) is 0 Å². The van der Waals surface area contributed by atoms with Crippen molar-refractivity contribution in [2.75, 3.05) is 0 Å². The van der Waals surface area contributed by atoms with Crippen molar-refractivity contribution in [3.05, 3.63) is 151 Å². The van der Waals surface area contributed by atoms with Crippen molar-refractivity contribution < 1.29 is 20.4 Å². The van der Waals surface area contributed by atoms with Crippen LogP contribution in [0.2, 0.25) is 0 Å². The van der Waals surface area contributed by atoms with Gasteiger partial charge >= 0.3 is 0 Å². The molecule has 0 heterocycles. The van der Waals surface area contributed by atoms with Gasteiger partial charge in [-0.3, -0.25) is 0 Å². The highest BCUT2D eigenvalue weighted by Crippen LogP contribution is 2.43. The SMILES string of the molecule is Cc1cc(O)ccc1C(c1ccc(C(c2ccc(O)cc2C)c2ccc(O)cc2C)c(Br)c1)c1ccc(O)cc1C. The molecular weight excluding hydrogens is 576 g/mol. The summed E-state index contributed by atoms with van der Waals surface area (Å²) >= 11 is 3.92. The summed E-state index contributed by atoms with van der Waals surface area (Å²) in [5.74, 6) is 0.604. The van der Waals surface area contributed by atoms with E-state index < -0.39 is 0 Å². The lowest BCUT2D eigenvalue weighted by atomic mass is 9.78. The molecule has 0 saturated carbocycles. The lowest BCUT2D eigenvalue weighted by molar-refractivity contribution is 0.473. The zero-order chi connectivity index (χ0) is 29.4. The molecule has 0 radical (unpaired) electrons. The van der Waals surface area contributed by atoms with Crippen LogP contribution in [0.3, 0.4) is 0 Å². The van der Waals surface area contributed by atoms with E-state index in [1.807, 2.05) is 52.0 Å². The molecule has 0 atom stereocenters. The summed E-state index contributed by atoms with van der Waals surface area (Å²) in [6, 6.07) is 28.2. The summed E-state index contributed by atoms with van der Waals surface area (Å²) in [7, 11) is 0. The molecular formula is C36H33BrO4. The van der Waals surface area contributed by atoms with Gasteiger partial charge in [0.15, 0.2) is 0 Å². The quantitative estimate of drug-likeness (QED) is 0.145. The van der Waals surface area contributed by atoms with Crippen LogP contribution in [0.25, 0.3) is 0 Å². The maximum atomic E-state index is 10.1. The highest BCUT2D eigenvalue weighted by molar-refractivity contribution is 9.10. The van der Waals surface area contributed by atoms with Gasteiger partial charge in [-0.2, -0.15) is 0 Å². The van der Waals surface area contributed by atoms with Gasteiger partial charge in [0.1, 0.15) is 23.0 Å². The second-order valence-electron chi connectivity index (χ2n) is 10.8. The number of halogens is 1. The first kappa shape index (κ1) is 28.3. The van der Waals surface area contributed by atoms with Crippen molar-refractivity contribution in [1.82, 2.24) is 0 Å². The molecule has 5 heteroatoms. The average Bonchev–Trinajstić information content (AvgIpc) is 2.89. The van der Waals surface area contributed by atoms with Crippen molar-refractivity contribution in [2.45, 2.75) is 39.5 Å². The molecule has 0 unspecified atom stereocenters. The molecule has 0 spiro atoms. The third-order valence-corrected chi connectivity index (χ3v) is 8.61. The first-order chi connectivity index (χ1) is 19.5. The van der Waals surface area contributed by atoms with E-state index in [0.29, 0.717) is 0 Å². The zero-order valence-electron chi connectivity index (χ0n) is 23.5. The maximum Gasteiger partial charge on any atom is 0.115 e. The lowest BCUT2D eigenvalue weighted by Gasteiger charge is -2.27. The minimum absolute atomic E-state index is 0.134. The van der Waals surface area contributed by atoms with Crippen molar-refractivity contribution in [1.29, 1.82) is 0 Å². The largest absolute Gasteiger partial charge is 0.508 e. The molecule has 0 aliphatic rings. The first-order valence-electron chi connectivity index (χ1n) is 13.5. The summed E-state index contributed by atoms with van der Waals surface area (Å²) < 4.78 is 0.929. The van der Waals surface area contributed by atoms with Gasteiger partial charge in [0.25, 0.3) is 0 Å².